The number of fused-ring (bicyclic) bond motifs is 4. The molecule has 0 aliphatic rings. The van der Waals surface area contributed by atoms with Gasteiger partial charge in [-0.2, -0.15) is 0 Å². The number of aryl methyl sites for hydroxylation is 1. The van der Waals surface area contributed by atoms with E-state index < -0.39 is 0 Å². The van der Waals surface area contributed by atoms with Gasteiger partial charge < -0.3 is 8.82 Å². The lowest BCUT2D eigenvalue weighted by atomic mass is 10.0. The summed E-state index contributed by atoms with van der Waals surface area (Å²) in [5.41, 5.74) is 3.22. The first-order valence-electron chi connectivity index (χ1n) is 8.11. The van der Waals surface area contributed by atoms with Gasteiger partial charge in [-0.3, -0.25) is 0 Å². The molecule has 2 aromatic carbocycles. The van der Waals surface area contributed by atoms with Crippen LogP contribution >= 0.6 is 0 Å². The molecule has 0 N–H and O–H groups in total. The van der Waals surface area contributed by atoms with Crippen molar-refractivity contribution in [2.45, 2.75) is 6.92 Å². The van der Waals surface area contributed by atoms with E-state index in [-0.39, 0.29) is 5.63 Å². The number of nitrogens with zero attached hydrogens (tertiary/aromatic N) is 2. The van der Waals surface area contributed by atoms with Crippen LogP contribution in [0, 0.1) is 6.92 Å². The lowest BCUT2D eigenvalue weighted by Crippen LogP contribution is -2.03. The molecule has 25 heavy (non-hydrogen) atoms. The molecule has 120 valence electrons. The summed E-state index contributed by atoms with van der Waals surface area (Å²) in [6.07, 6.45) is 3.79. The topological polar surface area (TPSA) is 47.5 Å². The number of aromatic nitrogens is 2. The third kappa shape index (κ3) is 2.08. The second-order valence-corrected chi connectivity index (χ2v) is 6.19. The van der Waals surface area contributed by atoms with Crippen LogP contribution in [-0.2, 0) is 0 Å². The van der Waals surface area contributed by atoms with Crippen molar-refractivity contribution in [1.29, 1.82) is 0 Å². The van der Waals surface area contributed by atoms with E-state index in [1.165, 1.54) is 0 Å². The van der Waals surface area contributed by atoms with Crippen LogP contribution in [0.5, 0.6) is 0 Å². The van der Waals surface area contributed by atoms with Crippen molar-refractivity contribution in [2.24, 2.45) is 0 Å². The van der Waals surface area contributed by atoms with Gasteiger partial charge in [0.05, 0.1) is 11.3 Å². The summed E-state index contributed by atoms with van der Waals surface area (Å²) in [6, 6.07) is 17.7. The fourth-order valence-electron chi connectivity index (χ4n) is 3.33. The standard InChI is InChI=1S/C21H14N2O2/c1-13-5-4-10-23-12-18(22-20(13)23)17-11-16-15-7-3-2-6-14(15)8-9-19(16)25-21(17)24/h2-12H,1H3. The summed E-state index contributed by atoms with van der Waals surface area (Å²) in [7, 11) is 0. The molecule has 0 radical (unpaired) electrons. The van der Waals surface area contributed by atoms with Crippen LogP contribution in [0.15, 0.2) is 76.2 Å². The zero-order valence-electron chi connectivity index (χ0n) is 13.6. The minimum atomic E-state index is -0.371. The summed E-state index contributed by atoms with van der Waals surface area (Å²) in [5, 5.41) is 3.09. The smallest absolute Gasteiger partial charge is 0.345 e. The number of pyridine rings is 1. The molecule has 0 bridgehead atoms. The predicted octanol–water partition coefficient (Wildman–Crippen LogP) is 4.57. The maximum atomic E-state index is 12.5. The molecule has 0 aliphatic heterocycles. The van der Waals surface area contributed by atoms with Crippen molar-refractivity contribution in [3.8, 4) is 11.3 Å². The van der Waals surface area contributed by atoms with Crippen LogP contribution < -0.4 is 5.63 Å². The molecule has 3 aromatic heterocycles. The van der Waals surface area contributed by atoms with Crippen molar-refractivity contribution in [1.82, 2.24) is 9.38 Å². The average molecular weight is 326 g/mol. The van der Waals surface area contributed by atoms with Gasteiger partial charge in [-0.25, -0.2) is 9.78 Å². The van der Waals surface area contributed by atoms with Crippen molar-refractivity contribution in [3.05, 3.63) is 83.0 Å². The number of rotatable bonds is 1. The Balaban J connectivity index is 1.85. The zero-order chi connectivity index (χ0) is 17.0. The second-order valence-electron chi connectivity index (χ2n) is 6.19. The van der Waals surface area contributed by atoms with E-state index in [9.17, 15) is 4.79 Å². The molecule has 4 nitrogen and oxygen atoms in total. The Kier molecular flexibility index (Phi) is 2.82. The average Bonchev–Trinajstić information content (AvgIpc) is 3.06. The van der Waals surface area contributed by atoms with Gasteiger partial charge in [-0.1, -0.05) is 36.4 Å². The SMILES string of the molecule is Cc1cccn2cc(-c3cc4c(ccc5ccccc54)oc3=O)nc12. The van der Waals surface area contributed by atoms with E-state index in [1.807, 2.05) is 78.3 Å². The van der Waals surface area contributed by atoms with Gasteiger partial charge in [0.1, 0.15) is 11.2 Å². The maximum absolute atomic E-state index is 12.5. The number of hydrogen-bond acceptors (Lipinski definition) is 3. The van der Waals surface area contributed by atoms with Gasteiger partial charge in [0.2, 0.25) is 0 Å². The van der Waals surface area contributed by atoms with Crippen LogP contribution in [0.25, 0.3) is 38.6 Å². The molecule has 0 spiro atoms. The summed E-state index contributed by atoms with van der Waals surface area (Å²) < 4.78 is 7.50. The Hall–Kier alpha value is -3.40. The largest absolute Gasteiger partial charge is 0.422 e. The summed E-state index contributed by atoms with van der Waals surface area (Å²) in [6.45, 7) is 2.00. The summed E-state index contributed by atoms with van der Waals surface area (Å²) in [5.74, 6) is 0. The van der Waals surface area contributed by atoms with Crippen LogP contribution in [0.4, 0.5) is 0 Å². The van der Waals surface area contributed by atoms with Crippen LogP contribution in [0.2, 0.25) is 0 Å². The fourth-order valence-corrected chi connectivity index (χ4v) is 3.33. The Labute approximate surface area is 143 Å². The fraction of sp³-hybridized carbons (Fsp3) is 0.0476. The highest BCUT2D eigenvalue weighted by molar-refractivity contribution is 6.06. The van der Waals surface area contributed by atoms with Crippen LogP contribution in [0.3, 0.4) is 0 Å². The van der Waals surface area contributed by atoms with E-state index >= 15 is 0 Å². The Morgan fingerprint density at radius 2 is 1.88 bits per heavy atom. The molecular formula is C21H14N2O2. The van der Waals surface area contributed by atoms with E-state index in [2.05, 4.69) is 4.98 Å². The molecule has 0 saturated heterocycles. The van der Waals surface area contributed by atoms with Gasteiger partial charge in [0, 0.05) is 17.8 Å². The first-order chi connectivity index (χ1) is 12.2. The quantitative estimate of drug-likeness (QED) is 0.335. The predicted molar refractivity (Wildman–Crippen MR) is 98.9 cm³/mol. The van der Waals surface area contributed by atoms with Crippen molar-refractivity contribution in [3.63, 3.8) is 0 Å². The Morgan fingerprint density at radius 3 is 2.76 bits per heavy atom. The minimum absolute atomic E-state index is 0.371. The van der Waals surface area contributed by atoms with Crippen LogP contribution in [0.1, 0.15) is 5.56 Å². The third-order valence-electron chi connectivity index (χ3n) is 4.60. The first kappa shape index (κ1) is 14.0. The zero-order valence-corrected chi connectivity index (χ0v) is 13.6. The minimum Gasteiger partial charge on any atom is -0.422 e. The molecule has 0 aliphatic carbocycles. The van der Waals surface area contributed by atoms with Crippen molar-refractivity contribution < 1.29 is 4.42 Å². The monoisotopic (exact) mass is 326 g/mol. The molecule has 4 heteroatoms. The molecule has 0 amide bonds. The normalized spacial score (nSPS) is 11.6. The van der Waals surface area contributed by atoms with E-state index in [4.69, 9.17) is 4.42 Å². The van der Waals surface area contributed by atoms with E-state index in [1.54, 1.807) is 0 Å². The molecule has 0 saturated carbocycles. The highest BCUT2D eigenvalue weighted by Crippen LogP contribution is 2.28. The van der Waals surface area contributed by atoms with Gasteiger partial charge >= 0.3 is 5.63 Å². The molecule has 5 rings (SSSR count). The van der Waals surface area contributed by atoms with Gasteiger partial charge in [0.15, 0.2) is 0 Å². The first-order valence-corrected chi connectivity index (χ1v) is 8.11. The van der Waals surface area contributed by atoms with Crippen molar-refractivity contribution in [2.75, 3.05) is 0 Å². The lowest BCUT2D eigenvalue weighted by molar-refractivity contribution is 0.563. The van der Waals surface area contributed by atoms with Gasteiger partial charge in [-0.15, -0.1) is 0 Å². The molecule has 0 fully saturated rings. The maximum Gasteiger partial charge on any atom is 0.345 e. The Morgan fingerprint density at radius 1 is 1.00 bits per heavy atom. The molecule has 0 atom stereocenters. The molecule has 0 unspecified atom stereocenters. The highest BCUT2D eigenvalue weighted by Gasteiger charge is 2.13. The summed E-state index contributed by atoms with van der Waals surface area (Å²) in [4.78, 5) is 17.1. The number of benzene rings is 2. The van der Waals surface area contributed by atoms with Crippen LogP contribution in [-0.4, -0.2) is 9.38 Å². The van der Waals surface area contributed by atoms with E-state index in [0.717, 1.165) is 27.4 Å². The van der Waals surface area contributed by atoms with E-state index in [0.29, 0.717) is 16.8 Å². The van der Waals surface area contributed by atoms with Gasteiger partial charge in [-0.05, 0) is 41.5 Å². The second kappa shape index (κ2) is 5.05. The van der Waals surface area contributed by atoms with Gasteiger partial charge in [0.25, 0.3) is 0 Å². The third-order valence-corrected chi connectivity index (χ3v) is 4.60. The van der Waals surface area contributed by atoms with Crippen molar-refractivity contribution >= 4 is 27.4 Å². The molecule has 3 heterocycles. The Bertz CT molecular complexity index is 1330. The number of hydrogen-bond donors (Lipinski definition) is 0. The highest BCUT2D eigenvalue weighted by atomic mass is 16.4. The number of imidazole rings is 1. The lowest BCUT2D eigenvalue weighted by Gasteiger charge is -2.04. The molecular weight excluding hydrogens is 312 g/mol. The summed E-state index contributed by atoms with van der Waals surface area (Å²) >= 11 is 0. The molecule has 5 aromatic rings.